The molecular weight excluding hydrogens is 410 g/mol. The number of hydrogen-bond donors (Lipinski definition) is 0. The van der Waals surface area contributed by atoms with E-state index in [9.17, 15) is 19.7 Å². The van der Waals surface area contributed by atoms with Crippen LogP contribution in [-0.4, -0.2) is 22.8 Å². The molecule has 3 aromatic rings. The van der Waals surface area contributed by atoms with E-state index in [1.54, 1.807) is 36.4 Å². The second kappa shape index (κ2) is 7.58. The summed E-state index contributed by atoms with van der Waals surface area (Å²) in [5, 5.41) is 12.9. The molecule has 2 heterocycles. The molecule has 8 nitrogen and oxygen atoms in total. The summed E-state index contributed by atoms with van der Waals surface area (Å²) < 4.78 is 0. The minimum atomic E-state index is -1.02. The van der Waals surface area contributed by atoms with Gasteiger partial charge in [0.25, 0.3) is 11.6 Å². The molecule has 2 saturated heterocycles. The monoisotopic (exact) mass is 429 g/mol. The molecule has 3 aromatic carbocycles. The first-order valence-corrected chi connectivity index (χ1v) is 10.2. The van der Waals surface area contributed by atoms with Gasteiger partial charge in [-0.1, -0.05) is 48.5 Å². The van der Waals surface area contributed by atoms with E-state index < -0.39 is 28.9 Å². The lowest BCUT2D eigenvalue weighted by Crippen LogP contribution is -2.37. The van der Waals surface area contributed by atoms with Gasteiger partial charge >= 0.3 is 0 Å². The van der Waals surface area contributed by atoms with Crippen LogP contribution >= 0.6 is 0 Å². The largest absolute Gasteiger partial charge is 0.273 e. The molecule has 2 amide bonds. The zero-order valence-electron chi connectivity index (χ0n) is 17.1. The molecule has 0 N–H and O–H groups in total. The number of anilines is 2. The Morgan fingerprint density at radius 2 is 1.62 bits per heavy atom. The minimum absolute atomic E-state index is 0.0912. The third-order valence-corrected chi connectivity index (χ3v) is 5.91. The number of nitrogens with zero attached hydrogens (tertiary/aromatic N) is 3. The molecule has 0 saturated carbocycles. The predicted molar refractivity (Wildman–Crippen MR) is 117 cm³/mol. The average Bonchev–Trinajstić information content (AvgIpc) is 3.31. The first-order valence-electron chi connectivity index (χ1n) is 10.2. The number of rotatable bonds is 4. The first kappa shape index (κ1) is 19.9. The second-order valence-electron chi connectivity index (χ2n) is 7.81. The van der Waals surface area contributed by atoms with Crippen molar-refractivity contribution in [3.63, 3.8) is 0 Å². The fourth-order valence-electron chi connectivity index (χ4n) is 4.43. The van der Waals surface area contributed by atoms with Crippen molar-refractivity contribution in [3.8, 4) is 0 Å². The van der Waals surface area contributed by atoms with Gasteiger partial charge in [-0.05, 0) is 36.2 Å². The van der Waals surface area contributed by atoms with Crippen molar-refractivity contribution >= 4 is 28.9 Å². The molecule has 5 rings (SSSR count). The number of para-hydroxylation sites is 2. The van der Waals surface area contributed by atoms with Gasteiger partial charge in [0, 0.05) is 12.1 Å². The molecule has 0 unspecified atom stereocenters. The maximum Gasteiger partial charge on any atom is 0.269 e. The highest BCUT2D eigenvalue weighted by Crippen LogP contribution is 2.48. The molecule has 2 aliphatic heterocycles. The van der Waals surface area contributed by atoms with Crippen LogP contribution in [0.4, 0.5) is 17.1 Å². The SMILES string of the molecule is Cc1ccccc1N1C(=O)[C@@H]2[C@H](ON(c3ccccc3)[C@@H]2c2cccc([N+](=O)[O-])c2)C1=O. The number of nitro groups is 1. The van der Waals surface area contributed by atoms with Crippen LogP contribution < -0.4 is 9.96 Å². The van der Waals surface area contributed by atoms with Crippen LogP contribution in [0.1, 0.15) is 17.2 Å². The van der Waals surface area contributed by atoms with Gasteiger partial charge in [0.2, 0.25) is 5.91 Å². The number of non-ortho nitro benzene ring substituents is 1. The van der Waals surface area contributed by atoms with E-state index in [0.717, 1.165) is 5.56 Å². The van der Waals surface area contributed by atoms with E-state index in [1.165, 1.54) is 22.1 Å². The Balaban J connectivity index is 1.62. The summed E-state index contributed by atoms with van der Waals surface area (Å²) in [7, 11) is 0. The van der Waals surface area contributed by atoms with E-state index in [2.05, 4.69) is 0 Å². The number of imide groups is 1. The Morgan fingerprint density at radius 3 is 2.34 bits per heavy atom. The summed E-state index contributed by atoms with van der Waals surface area (Å²) in [6.45, 7) is 1.83. The summed E-state index contributed by atoms with van der Waals surface area (Å²) in [5.74, 6) is -1.67. The van der Waals surface area contributed by atoms with E-state index in [0.29, 0.717) is 16.9 Å². The lowest BCUT2D eigenvalue weighted by atomic mass is 9.90. The molecule has 0 aliphatic carbocycles. The Morgan fingerprint density at radius 1 is 0.906 bits per heavy atom. The van der Waals surface area contributed by atoms with E-state index in [4.69, 9.17) is 4.84 Å². The van der Waals surface area contributed by atoms with Gasteiger partial charge in [-0.25, -0.2) is 9.96 Å². The van der Waals surface area contributed by atoms with Gasteiger partial charge in [-0.2, -0.15) is 0 Å². The lowest BCUT2D eigenvalue weighted by molar-refractivity contribution is -0.384. The van der Waals surface area contributed by atoms with Crippen LogP contribution in [0.25, 0.3) is 0 Å². The molecule has 3 atom stereocenters. The number of aryl methyl sites for hydroxylation is 1. The number of carbonyl (C=O) groups is 2. The quantitative estimate of drug-likeness (QED) is 0.354. The zero-order chi connectivity index (χ0) is 22.4. The highest BCUT2D eigenvalue weighted by Gasteiger charge is 2.60. The minimum Gasteiger partial charge on any atom is -0.273 e. The number of benzene rings is 3. The molecule has 2 aliphatic rings. The van der Waals surface area contributed by atoms with Crippen molar-refractivity contribution in [2.24, 2.45) is 5.92 Å². The first-order chi connectivity index (χ1) is 15.5. The molecular formula is C24H19N3O5. The average molecular weight is 429 g/mol. The number of hydrogen-bond acceptors (Lipinski definition) is 6. The number of fused-ring (bicyclic) bond motifs is 1. The molecule has 160 valence electrons. The Labute approximate surface area is 183 Å². The molecule has 0 bridgehead atoms. The Kier molecular flexibility index (Phi) is 4.71. The second-order valence-corrected chi connectivity index (χ2v) is 7.81. The van der Waals surface area contributed by atoms with Crippen LogP contribution in [0.3, 0.4) is 0 Å². The van der Waals surface area contributed by atoms with Gasteiger partial charge in [0.1, 0.15) is 5.92 Å². The van der Waals surface area contributed by atoms with Crippen molar-refractivity contribution in [3.05, 3.63) is 100 Å². The van der Waals surface area contributed by atoms with Crippen molar-refractivity contribution in [2.75, 3.05) is 9.96 Å². The van der Waals surface area contributed by atoms with Gasteiger partial charge in [-0.15, -0.1) is 0 Å². The summed E-state index contributed by atoms with van der Waals surface area (Å²) >= 11 is 0. The highest BCUT2D eigenvalue weighted by molar-refractivity contribution is 6.24. The third kappa shape index (κ3) is 3.04. The molecule has 0 spiro atoms. The molecule has 0 radical (unpaired) electrons. The van der Waals surface area contributed by atoms with Crippen LogP contribution in [0, 0.1) is 23.0 Å². The number of carbonyl (C=O) groups excluding carboxylic acids is 2. The van der Waals surface area contributed by atoms with E-state index in [-0.39, 0.29) is 11.6 Å². The van der Waals surface area contributed by atoms with Crippen molar-refractivity contribution in [1.29, 1.82) is 0 Å². The molecule has 8 heteroatoms. The summed E-state index contributed by atoms with van der Waals surface area (Å²) in [6, 6.07) is 21.7. The van der Waals surface area contributed by atoms with Gasteiger partial charge < -0.3 is 0 Å². The normalized spacial score (nSPS) is 22.3. The van der Waals surface area contributed by atoms with E-state index in [1.807, 2.05) is 37.3 Å². The van der Waals surface area contributed by atoms with Crippen LogP contribution in [0.15, 0.2) is 78.9 Å². The molecule has 2 fully saturated rings. The van der Waals surface area contributed by atoms with Crippen molar-refractivity contribution in [1.82, 2.24) is 0 Å². The van der Waals surface area contributed by atoms with Crippen molar-refractivity contribution in [2.45, 2.75) is 19.1 Å². The Bertz CT molecular complexity index is 1230. The third-order valence-electron chi connectivity index (χ3n) is 5.91. The lowest BCUT2D eigenvalue weighted by Gasteiger charge is -2.29. The molecule has 0 aromatic heterocycles. The zero-order valence-corrected chi connectivity index (χ0v) is 17.1. The fraction of sp³-hybridized carbons (Fsp3) is 0.167. The van der Waals surface area contributed by atoms with Crippen molar-refractivity contribution < 1.29 is 19.3 Å². The molecule has 32 heavy (non-hydrogen) atoms. The maximum atomic E-state index is 13.6. The Hall–Kier alpha value is -4.04. The standard InChI is InChI=1S/C24H19N3O5/c1-15-8-5-6-13-19(15)25-23(28)20-21(16-9-7-12-18(14-16)27(30)31)26(32-22(20)24(25)29)17-10-3-2-4-11-17/h2-14,20-22H,1H3/t20-,21+,22-/m0/s1. The smallest absolute Gasteiger partial charge is 0.269 e. The predicted octanol–water partition coefficient (Wildman–Crippen LogP) is 3.95. The number of amides is 2. The van der Waals surface area contributed by atoms with Gasteiger partial charge in [-0.3, -0.25) is 24.5 Å². The van der Waals surface area contributed by atoms with Crippen LogP contribution in [0.5, 0.6) is 0 Å². The van der Waals surface area contributed by atoms with Crippen LogP contribution in [0.2, 0.25) is 0 Å². The van der Waals surface area contributed by atoms with Crippen LogP contribution in [-0.2, 0) is 14.4 Å². The topological polar surface area (TPSA) is 93.0 Å². The van der Waals surface area contributed by atoms with E-state index >= 15 is 0 Å². The summed E-state index contributed by atoms with van der Waals surface area (Å²) in [4.78, 5) is 45.0. The highest BCUT2D eigenvalue weighted by atomic mass is 16.7. The number of nitro benzene ring substituents is 1. The summed E-state index contributed by atoms with van der Waals surface area (Å²) in [5.41, 5.74) is 2.40. The van der Waals surface area contributed by atoms with Gasteiger partial charge in [0.05, 0.1) is 22.3 Å². The van der Waals surface area contributed by atoms with Gasteiger partial charge in [0.15, 0.2) is 6.10 Å². The maximum absolute atomic E-state index is 13.6. The summed E-state index contributed by atoms with van der Waals surface area (Å²) in [6.07, 6.45) is -1.02. The fourth-order valence-corrected chi connectivity index (χ4v) is 4.43. The number of hydroxylamine groups is 1.